The fourth-order valence-corrected chi connectivity index (χ4v) is 1.96. The molecule has 0 unspecified atom stereocenters. The van der Waals surface area contributed by atoms with Crippen molar-refractivity contribution in [2.45, 2.75) is 0 Å². The monoisotopic (exact) mass is 266 g/mol. The summed E-state index contributed by atoms with van der Waals surface area (Å²) < 4.78 is 0. The number of aromatic hydroxyl groups is 1. The van der Waals surface area contributed by atoms with Gasteiger partial charge in [0, 0.05) is 18.0 Å². The van der Waals surface area contributed by atoms with Crippen molar-refractivity contribution in [1.29, 1.82) is 0 Å². The molecule has 0 aliphatic heterocycles. The molecule has 20 heavy (non-hydrogen) atoms. The molecule has 0 aliphatic carbocycles. The van der Waals surface area contributed by atoms with Gasteiger partial charge in [0.2, 0.25) is 0 Å². The highest BCUT2D eigenvalue weighted by Gasteiger charge is 2.06. The number of phenols is 1. The van der Waals surface area contributed by atoms with Crippen LogP contribution in [0, 0.1) is 0 Å². The second kappa shape index (κ2) is 4.62. The molecule has 5 nitrogen and oxygen atoms in total. The van der Waals surface area contributed by atoms with Crippen molar-refractivity contribution >= 4 is 16.7 Å². The Kier molecular flexibility index (Phi) is 2.80. The highest BCUT2D eigenvalue weighted by molar-refractivity contribution is 5.88. The maximum atomic E-state index is 10.8. The van der Waals surface area contributed by atoms with Crippen molar-refractivity contribution in [2.24, 2.45) is 0 Å². The van der Waals surface area contributed by atoms with Gasteiger partial charge in [0.1, 0.15) is 5.75 Å². The summed E-state index contributed by atoms with van der Waals surface area (Å²) in [6.45, 7) is 0. The van der Waals surface area contributed by atoms with Crippen molar-refractivity contribution < 1.29 is 15.0 Å². The van der Waals surface area contributed by atoms with Crippen molar-refractivity contribution in [3.05, 3.63) is 54.4 Å². The van der Waals surface area contributed by atoms with Crippen molar-refractivity contribution in [1.82, 2.24) is 9.97 Å². The zero-order chi connectivity index (χ0) is 14.1. The largest absolute Gasteiger partial charge is 0.508 e. The van der Waals surface area contributed by atoms with E-state index in [2.05, 4.69) is 9.97 Å². The predicted octanol–water partition coefficient (Wildman–Crippen LogP) is 2.70. The van der Waals surface area contributed by atoms with Crippen LogP contribution in [-0.4, -0.2) is 26.2 Å². The molecule has 2 N–H and O–H groups in total. The quantitative estimate of drug-likeness (QED) is 0.745. The van der Waals surface area contributed by atoms with E-state index in [-0.39, 0.29) is 11.3 Å². The second-order valence-electron chi connectivity index (χ2n) is 4.35. The number of hydrogen-bond acceptors (Lipinski definition) is 4. The number of rotatable bonds is 2. The summed E-state index contributed by atoms with van der Waals surface area (Å²) in [5.74, 6) is -0.372. The molecule has 0 radical (unpaired) electrons. The lowest BCUT2D eigenvalue weighted by Crippen LogP contribution is -1.99. The minimum absolute atomic E-state index is 0.0551. The molecule has 5 heteroatoms. The highest BCUT2D eigenvalue weighted by Crippen LogP contribution is 2.24. The van der Waals surface area contributed by atoms with Gasteiger partial charge in [-0.1, -0.05) is 18.2 Å². The summed E-state index contributed by atoms with van der Waals surface area (Å²) in [4.78, 5) is 18.9. The first kappa shape index (κ1) is 12.1. The number of carbonyl (C=O) groups is 1. The Hall–Kier alpha value is -2.95. The Morgan fingerprint density at radius 2 is 1.60 bits per heavy atom. The first-order valence-electron chi connectivity index (χ1n) is 5.92. The molecule has 0 aliphatic rings. The Balaban J connectivity index is 2.05. The van der Waals surface area contributed by atoms with Gasteiger partial charge in [-0.25, -0.2) is 14.8 Å². The Bertz CT molecular complexity index is 798. The van der Waals surface area contributed by atoms with Crippen LogP contribution >= 0.6 is 0 Å². The minimum atomic E-state index is -1.05. The molecular formula is C15H10N2O3. The van der Waals surface area contributed by atoms with Crippen molar-refractivity contribution in [2.75, 3.05) is 0 Å². The molecule has 1 heterocycles. The molecule has 0 saturated carbocycles. The molecule has 0 bridgehead atoms. The lowest BCUT2D eigenvalue weighted by Gasteiger charge is -2.03. The number of hydrogen-bond donors (Lipinski definition) is 2. The average molecular weight is 266 g/mol. The van der Waals surface area contributed by atoms with E-state index >= 15 is 0 Å². The summed E-state index contributed by atoms with van der Waals surface area (Å²) >= 11 is 0. The van der Waals surface area contributed by atoms with E-state index in [9.17, 15) is 9.90 Å². The van der Waals surface area contributed by atoms with Gasteiger partial charge in [-0.05, 0) is 29.0 Å². The van der Waals surface area contributed by atoms with Gasteiger partial charge in [-0.2, -0.15) is 0 Å². The van der Waals surface area contributed by atoms with E-state index in [0.29, 0.717) is 5.82 Å². The molecule has 0 fully saturated rings. The molecular weight excluding hydrogens is 256 g/mol. The SMILES string of the molecule is O=C(O)c1cnc(-c2ccc3cc(O)ccc3c2)nc1. The smallest absolute Gasteiger partial charge is 0.338 e. The van der Waals surface area contributed by atoms with Crippen LogP contribution in [0.3, 0.4) is 0 Å². The lowest BCUT2D eigenvalue weighted by atomic mass is 10.1. The van der Waals surface area contributed by atoms with Gasteiger partial charge in [0.25, 0.3) is 0 Å². The van der Waals surface area contributed by atoms with E-state index in [1.54, 1.807) is 18.2 Å². The molecule has 1 aromatic heterocycles. The van der Waals surface area contributed by atoms with Gasteiger partial charge >= 0.3 is 5.97 Å². The number of aromatic nitrogens is 2. The molecule has 0 amide bonds. The van der Waals surface area contributed by atoms with Crippen LogP contribution in [0.15, 0.2) is 48.8 Å². The van der Waals surface area contributed by atoms with Gasteiger partial charge in [0.05, 0.1) is 5.56 Å². The first-order valence-corrected chi connectivity index (χ1v) is 5.92. The van der Waals surface area contributed by atoms with Gasteiger partial charge in [0.15, 0.2) is 5.82 Å². The van der Waals surface area contributed by atoms with Crippen LogP contribution in [0.4, 0.5) is 0 Å². The van der Waals surface area contributed by atoms with Crippen LogP contribution < -0.4 is 0 Å². The normalized spacial score (nSPS) is 10.6. The van der Waals surface area contributed by atoms with Crippen molar-refractivity contribution in [3.63, 3.8) is 0 Å². The van der Waals surface area contributed by atoms with E-state index in [1.807, 2.05) is 18.2 Å². The number of phenolic OH excluding ortho intramolecular Hbond substituents is 1. The number of benzene rings is 2. The fourth-order valence-electron chi connectivity index (χ4n) is 1.96. The molecule has 0 spiro atoms. The van der Waals surface area contributed by atoms with Gasteiger partial charge < -0.3 is 10.2 Å². The topological polar surface area (TPSA) is 83.3 Å². The van der Waals surface area contributed by atoms with Gasteiger partial charge in [-0.15, -0.1) is 0 Å². The zero-order valence-electron chi connectivity index (χ0n) is 10.3. The van der Waals surface area contributed by atoms with Crippen LogP contribution in [0.2, 0.25) is 0 Å². The second-order valence-corrected chi connectivity index (χ2v) is 4.35. The third-order valence-electron chi connectivity index (χ3n) is 2.98. The van der Waals surface area contributed by atoms with Crippen LogP contribution in [-0.2, 0) is 0 Å². The number of aromatic carboxylic acids is 1. The van der Waals surface area contributed by atoms with Crippen LogP contribution in [0.5, 0.6) is 5.75 Å². The highest BCUT2D eigenvalue weighted by atomic mass is 16.4. The summed E-state index contributed by atoms with van der Waals surface area (Å²) in [5.41, 5.74) is 0.847. The standard InChI is InChI=1S/C15H10N2O3/c18-13-4-3-9-5-11(2-1-10(9)6-13)14-16-7-12(8-17-14)15(19)20/h1-8,18H,(H,19,20). The number of carboxylic acids is 1. The van der Waals surface area contributed by atoms with E-state index in [4.69, 9.17) is 5.11 Å². The lowest BCUT2D eigenvalue weighted by molar-refractivity contribution is 0.0696. The minimum Gasteiger partial charge on any atom is -0.508 e. The molecule has 3 aromatic rings. The summed E-state index contributed by atoms with van der Waals surface area (Å²) in [6, 6.07) is 10.7. The number of carboxylic acid groups (broad SMARTS) is 1. The van der Waals surface area contributed by atoms with Crippen LogP contribution in [0.25, 0.3) is 22.2 Å². The van der Waals surface area contributed by atoms with Crippen LogP contribution in [0.1, 0.15) is 10.4 Å². The average Bonchev–Trinajstić information content (AvgIpc) is 2.47. The Morgan fingerprint density at radius 1 is 0.950 bits per heavy atom. The third kappa shape index (κ3) is 2.16. The third-order valence-corrected chi connectivity index (χ3v) is 2.98. The summed E-state index contributed by atoms with van der Waals surface area (Å²) in [6.07, 6.45) is 2.57. The van der Waals surface area contributed by atoms with E-state index in [1.165, 1.54) is 12.4 Å². The van der Waals surface area contributed by atoms with E-state index < -0.39 is 5.97 Å². The summed E-state index contributed by atoms with van der Waals surface area (Å²) in [5, 5.41) is 20.1. The number of nitrogens with zero attached hydrogens (tertiary/aromatic N) is 2. The molecule has 98 valence electrons. The summed E-state index contributed by atoms with van der Waals surface area (Å²) in [7, 11) is 0. The zero-order valence-corrected chi connectivity index (χ0v) is 10.3. The van der Waals surface area contributed by atoms with Gasteiger partial charge in [-0.3, -0.25) is 0 Å². The van der Waals surface area contributed by atoms with Crippen molar-refractivity contribution in [3.8, 4) is 17.1 Å². The molecule has 0 atom stereocenters. The fraction of sp³-hybridized carbons (Fsp3) is 0. The Labute approximate surface area is 114 Å². The molecule has 2 aromatic carbocycles. The molecule has 3 rings (SSSR count). The predicted molar refractivity (Wildman–Crippen MR) is 73.6 cm³/mol. The maximum absolute atomic E-state index is 10.8. The van der Waals surface area contributed by atoms with E-state index in [0.717, 1.165) is 16.3 Å². The first-order chi connectivity index (χ1) is 9.63. The maximum Gasteiger partial charge on any atom is 0.338 e. The number of fused-ring (bicyclic) bond motifs is 1. The Morgan fingerprint density at radius 3 is 2.30 bits per heavy atom. The molecule has 0 saturated heterocycles.